The Kier molecular flexibility index (Phi) is 6.67. The molecule has 0 unspecified atom stereocenters. The monoisotopic (exact) mass is 384 g/mol. The van der Waals surface area contributed by atoms with Gasteiger partial charge in [0.25, 0.3) is 0 Å². The van der Waals surface area contributed by atoms with E-state index in [1.54, 1.807) is 6.08 Å². The van der Waals surface area contributed by atoms with Crippen LogP contribution in [0.15, 0.2) is 36.6 Å². The molecule has 0 aromatic heterocycles. The van der Waals surface area contributed by atoms with Crippen molar-refractivity contribution in [3.8, 4) is 0 Å². The van der Waals surface area contributed by atoms with Crippen LogP contribution in [-0.2, 0) is 14.0 Å². The van der Waals surface area contributed by atoms with Crippen molar-refractivity contribution in [1.82, 2.24) is 0 Å². The number of rotatable bonds is 7. The Bertz CT molecular complexity index is 668. The predicted octanol–water partition coefficient (Wildman–Crippen LogP) is 5.38. The number of ether oxygens (including phenoxy) is 1. The van der Waals surface area contributed by atoms with Crippen molar-refractivity contribution < 1.29 is 22.8 Å². The summed E-state index contributed by atoms with van der Waals surface area (Å²) in [7, 11) is -1.23. The average molecular weight is 385 g/mol. The summed E-state index contributed by atoms with van der Waals surface area (Å²) in [6.45, 7) is 11.3. The SMILES string of the molecule is C=CCOCCC(=C(F)B1OC(C)(C)C(C)(C)O1)c1c(F)cccc1Cl. The van der Waals surface area contributed by atoms with Crippen LogP contribution in [0.25, 0.3) is 5.57 Å². The maximum atomic E-state index is 15.3. The lowest BCUT2D eigenvalue weighted by atomic mass is 9.81. The zero-order chi connectivity index (χ0) is 19.5. The van der Waals surface area contributed by atoms with Gasteiger partial charge in [-0.15, -0.1) is 6.58 Å². The summed E-state index contributed by atoms with van der Waals surface area (Å²) in [5.41, 5.74) is -2.03. The minimum Gasteiger partial charge on any atom is -0.398 e. The van der Waals surface area contributed by atoms with Gasteiger partial charge in [-0.1, -0.05) is 23.7 Å². The van der Waals surface area contributed by atoms with Crippen molar-refractivity contribution in [2.45, 2.75) is 45.3 Å². The van der Waals surface area contributed by atoms with Gasteiger partial charge in [0.2, 0.25) is 0 Å². The van der Waals surface area contributed by atoms with Crippen LogP contribution in [0.2, 0.25) is 5.02 Å². The lowest BCUT2D eigenvalue weighted by Gasteiger charge is -2.32. The van der Waals surface area contributed by atoms with Crippen LogP contribution in [-0.4, -0.2) is 31.5 Å². The Balaban J connectivity index is 2.42. The number of hydrogen-bond donors (Lipinski definition) is 0. The molecule has 1 fully saturated rings. The van der Waals surface area contributed by atoms with Gasteiger partial charge in [-0.05, 0) is 51.8 Å². The Morgan fingerprint density at radius 3 is 2.42 bits per heavy atom. The second-order valence-corrected chi connectivity index (χ2v) is 7.53. The van der Waals surface area contributed by atoms with Crippen molar-refractivity contribution in [2.24, 2.45) is 0 Å². The first kappa shape index (κ1) is 21.1. The molecule has 2 rings (SSSR count). The van der Waals surface area contributed by atoms with Crippen LogP contribution >= 0.6 is 11.6 Å². The summed E-state index contributed by atoms with van der Waals surface area (Å²) < 4.78 is 46.6. The molecule has 7 heteroatoms. The molecule has 1 aromatic rings. The molecule has 1 saturated heterocycles. The first-order valence-corrected chi connectivity index (χ1v) is 8.85. The van der Waals surface area contributed by atoms with Crippen LogP contribution in [0.4, 0.5) is 8.78 Å². The van der Waals surface area contributed by atoms with Gasteiger partial charge >= 0.3 is 7.12 Å². The molecule has 0 saturated carbocycles. The highest BCUT2D eigenvalue weighted by Gasteiger charge is 2.53. The molecule has 0 radical (unpaired) electrons. The molecule has 1 aromatic carbocycles. The van der Waals surface area contributed by atoms with E-state index >= 15 is 4.39 Å². The molecule has 0 aliphatic carbocycles. The average Bonchev–Trinajstić information content (AvgIpc) is 2.76. The molecule has 0 atom stereocenters. The molecule has 1 aliphatic heterocycles. The molecular formula is C19H24BClF2O3. The van der Waals surface area contributed by atoms with E-state index in [-0.39, 0.29) is 29.2 Å². The number of hydrogen-bond acceptors (Lipinski definition) is 3. The van der Waals surface area contributed by atoms with Gasteiger partial charge in [-0.2, -0.15) is 0 Å². The zero-order valence-corrected chi connectivity index (χ0v) is 16.3. The summed E-state index contributed by atoms with van der Waals surface area (Å²) in [4.78, 5) is 0. The van der Waals surface area contributed by atoms with E-state index in [0.29, 0.717) is 6.61 Å². The standard InChI is InChI=1S/C19H24BClF2O3/c1-6-11-24-12-10-13(16-14(21)8-7-9-15(16)22)17(23)20-25-18(2,3)19(4,5)26-20/h6-9H,1,10-12H2,2-5H3. The fraction of sp³-hybridized carbons (Fsp3) is 0.474. The van der Waals surface area contributed by atoms with E-state index in [0.717, 1.165) is 0 Å². The van der Waals surface area contributed by atoms with Crippen molar-refractivity contribution in [3.05, 3.63) is 53.0 Å². The van der Waals surface area contributed by atoms with Gasteiger partial charge < -0.3 is 14.0 Å². The van der Waals surface area contributed by atoms with Gasteiger partial charge in [0, 0.05) is 5.56 Å². The third-order valence-electron chi connectivity index (χ3n) is 4.75. The summed E-state index contributed by atoms with van der Waals surface area (Å²) >= 11 is 6.15. The largest absolute Gasteiger partial charge is 0.525 e. The lowest BCUT2D eigenvalue weighted by Crippen LogP contribution is -2.41. The highest BCUT2D eigenvalue weighted by Crippen LogP contribution is 2.41. The summed E-state index contributed by atoms with van der Waals surface area (Å²) in [5, 5.41) is 0.121. The second kappa shape index (κ2) is 8.22. The van der Waals surface area contributed by atoms with Gasteiger partial charge in [0.05, 0.1) is 29.4 Å². The van der Waals surface area contributed by atoms with Gasteiger partial charge in [0.15, 0.2) is 0 Å². The molecule has 0 spiro atoms. The van der Waals surface area contributed by atoms with Crippen molar-refractivity contribution in [3.63, 3.8) is 0 Å². The Hall–Kier alpha value is -1.21. The molecule has 1 aliphatic rings. The van der Waals surface area contributed by atoms with Crippen LogP contribution in [0.5, 0.6) is 0 Å². The van der Waals surface area contributed by atoms with Crippen molar-refractivity contribution in [2.75, 3.05) is 13.2 Å². The third kappa shape index (κ3) is 4.37. The molecular weight excluding hydrogens is 360 g/mol. The summed E-state index contributed by atoms with van der Waals surface area (Å²) in [5.74, 6) is -0.608. The number of halogens is 3. The van der Waals surface area contributed by atoms with E-state index < -0.39 is 29.9 Å². The molecule has 1 heterocycles. The predicted molar refractivity (Wildman–Crippen MR) is 101 cm³/mol. The highest BCUT2D eigenvalue weighted by molar-refractivity contribution is 6.55. The minimum absolute atomic E-state index is 0.00332. The molecule has 26 heavy (non-hydrogen) atoms. The van der Waals surface area contributed by atoms with Crippen LogP contribution in [0.1, 0.15) is 39.7 Å². The molecule has 0 N–H and O–H groups in total. The smallest absolute Gasteiger partial charge is 0.398 e. The van der Waals surface area contributed by atoms with E-state index in [2.05, 4.69) is 6.58 Å². The first-order chi connectivity index (χ1) is 12.1. The Morgan fingerprint density at radius 2 is 1.88 bits per heavy atom. The second-order valence-electron chi connectivity index (χ2n) is 7.12. The van der Waals surface area contributed by atoms with Crippen LogP contribution < -0.4 is 0 Å². The third-order valence-corrected chi connectivity index (χ3v) is 5.06. The van der Waals surface area contributed by atoms with Crippen molar-refractivity contribution in [1.29, 1.82) is 0 Å². The first-order valence-electron chi connectivity index (χ1n) is 8.48. The highest BCUT2D eigenvalue weighted by atomic mass is 35.5. The van der Waals surface area contributed by atoms with E-state index in [4.69, 9.17) is 25.6 Å². The quantitative estimate of drug-likeness (QED) is 0.359. The van der Waals surface area contributed by atoms with Crippen LogP contribution in [0, 0.1) is 5.82 Å². The Labute approximate surface area is 159 Å². The van der Waals surface area contributed by atoms with Crippen molar-refractivity contribution >= 4 is 24.3 Å². The Morgan fingerprint density at radius 1 is 1.27 bits per heavy atom. The summed E-state index contributed by atoms with van der Waals surface area (Å²) in [6, 6.07) is 4.23. The minimum atomic E-state index is -1.23. The van der Waals surface area contributed by atoms with E-state index in [1.165, 1.54) is 18.2 Å². The maximum absolute atomic E-state index is 15.3. The fourth-order valence-corrected chi connectivity index (χ4v) is 2.86. The van der Waals surface area contributed by atoms with Crippen LogP contribution in [0.3, 0.4) is 0 Å². The normalized spacial score (nSPS) is 19.4. The molecule has 142 valence electrons. The zero-order valence-electron chi connectivity index (χ0n) is 15.6. The van der Waals surface area contributed by atoms with Gasteiger partial charge in [-0.3, -0.25) is 0 Å². The van der Waals surface area contributed by atoms with Gasteiger partial charge in [-0.25, -0.2) is 8.78 Å². The lowest BCUT2D eigenvalue weighted by molar-refractivity contribution is 0.00578. The van der Waals surface area contributed by atoms with Gasteiger partial charge in [0.1, 0.15) is 11.5 Å². The number of benzene rings is 1. The molecule has 3 nitrogen and oxygen atoms in total. The summed E-state index contributed by atoms with van der Waals surface area (Å²) in [6.07, 6.45) is 1.70. The molecule has 0 bridgehead atoms. The van der Waals surface area contributed by atoms with E-state index in [9.17, 15) is 4.39 Å². The maximum Gasteiger partial charge on any atom is 0.525 e. The molecule has 0 amide bonds. The van der Waals surface area contributed by atoms with E-state index in [1.807, 2.05) is 27.7 Å². The fourth-order valence-electron chi connectivity index (χ4n) is 2.58. The topological polar surface area (TPSA) is 27.7 Å².